The van der Waals surface area contributed by atoms with E-state index in [4.69, 9.17) is 4.74 Å². The van der Waals surface area contributed by atoms with E-state index in [0.29, 0.717) is 6.10 Å². The van der Waals surface area contributed by atoms with Gasteiger partial charge >= 0.3 is 0 Å². The fraction of sp³-hybridized carbons (Fsp3) is 0.625. The van der Waals surface area contributed by atoms with E-state index in [1.165, 1.54) is 21.7 Å². The Morgan fingerprint density at radius 2 is 2.25 bits per heavy atom. The van der Waals surface area contributed by atoms with Gasteiger partial charge in [-0.15, -0.1) is 0 Å². The molecule has 3 rings (SSSR count). The van der Waals surface area contributed by atoms with Crippen LogP contribution in [0.2, 0.25) is 0 Å². The van der Waals surface area contributed by atoms with E-state index in [-0.39, 0.29) is 0 Å². The van der Waals surface area contributed by atoms with Crippen molar-refractivity contribution in [1.82, 2.24) is 9.88 Å². The number of methoxy groups -OCH3 is 1. The largest absolute Gasteiger partial charge is 0.464 e. The van der Waals surface area contributed by atoms with Gasteiger partial charge in [-0.3, -0.25) is 9.88 Å². The molecule has 4 heteroatoms. The molecule has 1 fully saturated rings. The van der Waals surface area contributed by atoms with Gasteiger partial charge in [0.05, 0.1) is 24.9 Å². The molecule has 1 aromatic rings. The highest BCUT2D eigenvalue weighted by Gasteiger charge is 2.22. The van der Waals surface area contributed by atoms with Gasteiger partial charge in [0.15, 0.2) is 0 Å². The van der Waals surface area contributed by atoms with Crippen molar-refractivity contribution < 1.29 is 9.64 Å². The second-order valence-electron chi connectivity index (χ2n) is 6.03. The maximum Gasteiger partial charge on any atom is 0.0791 e. The average molecular weight is 275 g/mol. The number of rotatable bonds is 3. The van der Waals surface area contributed by atoms with Crippen LogP contribution in [0.1, 0.15) is 29.7 Å². The lowest BCUT2D eigenvalue weighted by Gasteiger charge is -2.33. The van der Waals surface area contributed by atoms with Crippen molar-refractivity contribution in [2.45, 2.75) is 38.5 Å². The summed E-state index contributed by atoms with van der Waals surface area (Å²) in [6.07, 6.45) is 5.82. The highest BCUT2D eigenvalue weighted by atomic mass is 16.5. The summed E-state index contributed by atoms with van der Waals surface area (Å²) in [5.41, 5.74) is 4.21. The Bertz CT molecular complexity index is 455. The van der Waals surface area contributed by atoms with E-state index in [0.717, 1.165) is 52.0 Å². The minimum absolute atomic E-state index is 0.451. The van der Waals surface area contributed by atoms with Crippen LogP contribution >= 0.6 is 0 Å². The van der Waals surface area contributed by atoms with Crippen molar-refractivity contribution in [3.63, 3.8) is 0 Å². The SMILES string of the molecule is [CH2-][NH+]1CCc2c(ccnc2CN2CCC(OC)CC2)C1. The first-order valence-electron chi connectivity index (χ1n) is 7.63. The molecule has 0 amide bonds. The molecule has 0 bridgehead atoms. The molecule has 0 spiro atoms. The molecule has 0 aromatic carbocycles. The topological polar surface area (TPSA) is 29.8 Å². The summed E-state index contributed by atoms with van der Waals surface area (Å²) in [7, 11) is 5.95. The lowest BCUT2D eigenvalue weighted by atomic mass is 9.98. The van der Waals surface area contributed by atoms with Gasteiger partial charge in [-0.25, -0.2) is 0 Å². The number of aromatic nitrogens is 1. The Morgan fingerprint density at radius 3 is 3.00 bits per heavy atom. The van der Waals surface area contributed by atoms with Crippen LogP contribution in [0.5, 0.6) is 0 Å². The molecule has 0 aliphatic carbocycles. The molecule has 1 saturated heterocycles. The van der Waals surface area contributed by atoms with Crippen LogP contribution in [0.3, 0.4) is 0 Å². The van der Waals surface area contributed by atoms with Crippen molar-refractivity contribution in [3.05, 3.63) is 36.1 Å². The zero-order valence-electron chi connectivity index (χ0n) is 12.4. The fourth-order valence-electron chi connectivity index (χ4n) is 3.36. The van der Waals surface area contributed by atoms with Crippen LogP contribution < -0.4 is 4.90 Å². The first-order valence-corrected chi connectivity index (χ1v) is 7.63. The van der Waals surface area contributed by atoms with Crippen LogP contribution in [-0.2, 0) is 24.2 Å². The zero-order valence-corrected chi connectivity index (χ0v) is 12.4. The summed E-state index contributed by atoms with van der Waals surface area (Å²) in [6, 6.07) is 2.17. The lowest BCUT2D eigenvalue weighted by molar-refractivity contribution is -0.870. The van der Waals surface area contributed by atoms with Crippen LogP contribution in [0.25, 0.3) is 0 Å². The first kappa shape index (κ1) is 14.0. The van der Waals surface area contributed by atoms with Gasteiger partial charge < -0.3 is 9.64 Å². The summed E-state index contributed by atoms with van der Waals surface area (Å²) in [5.74, 6) is 0. The quantitative estimate of drug-likeness (QED) is 0.811. The number of fused-ring (bicyclic) bond motifs is 1. The number of piperidine rings is 1. The molecule has 2 aliphatic heterocycles. The predicted octanol–water partition coefficient (Wildman–Crippen LogP) is 0.425. The average Bonchev–Trinajstić information content (AvgIpc) is 2.48. The number of ether oxygens (including phenoxy) is 1. The molecule has 2 aliphatic rings. The van der Waals surface area contributed by atoms with E-state index in [1.807, 2.05) is 13.3 Å². The third-order valence-electron chi connectivity index (χ3n) is 4.65. The van der Waals surface area contributed by atoms with Crippen LogP contribution in [0.15, 0.2) is 12.3 Å². The summed E-state index contributed by atoms with van der Waals surface area (Å²) in [4.78, 5) is 8.52. The minimum atomic E-state index is 0.451. The Labute approximate surface area is 121 Å². The Morgan fingerprint density at radius 1 is 1.45 bits per heavy atom. The standard InChI is InChI=1S/C16H25N3O/c1-18-8-6-15-13(11-18)3-7-17-16(15)12-19-9-4-14(20-2)5-10-19/h3,7,14,18H,1,4-6,8-12H2,2H3. The van der Waals surface area contributed by atoms with Crippen molar-refractivity contribution >= 4 is 0 Å². The zero-order chi connectivity index (χ0) is 13.9. The molecule has 1 aromatic heterocycles. The van der Waals surface area contributed by atoms with Crippen LogP contribution in [0, 0.1) is 7.05 Å². The third-order valence-corrected chi connectivity index (χ3v) is 4.65. The van der Waals surface area contributed by atoms with Gasteiger partial charge in [-0.2, -0.15) is 7.05 Å². The minimum Gasteiger partial charge on any atom is -0.464 e. The van der Waals surface area contributed by atoms with E-state index >= 15 is 0 Å². The summed E-state index contributed by atoms with van der Waals surface area (Å²) >= 11 is 0. The van der Waals surface area contributed by atoms with Gasteiger partial charge in [0.25, 0.3) is 0 Å². The fourth-order valence-corrected chi connectivity index (χ4v) is 3.36. The lowest BCUT2D eigenvalue weighted by Crippen LogP contribution is -3.06. The third kappa shape index (κ3) is 3.03. The molecule has 3 heterocycles. The molecule has 0 saturated carbocycles. The molecule has 1 unspecified atom stereocenters. The summed E-state index contributed by atoms with van der Waals surface area (Å²) < 4.78 is 5.44. The number of quaternary nitrogens is 1. The molecule has 0 radical (unpaired) electrons. The second kappa shape index (κ2) is 6.20. The highest BCUT2D eigenvalue weighted by Crippen LogP contribution is 2.19. The molecule has 20 heavy (non-hydrogen) atoms. The van der Waals surface area contributed by atoms with Crippen LogP contribution in [0.4, 0.5) is 0 Å². The van der Waals surface area contributed by atoms with Gasteiger partial charge in [0, 0.05) is 44.9 Å². The van der Waals surface area contributed by atoms with Gasteiger partial charge in [0.2, 0.25) is 0 Å². The molecule has 1 N–H and O–H groups in total. The molecule has 1 atom stereocenters. The summed E-state index contributed by atoms with van der Waals surface area (Å²) in [5, 5.41) is 0. The van der Waals surface area contributed by atoms with Crippen molar-refractivity contribution in [2.24, 2.45) is 0 Å². The molecular weight excluding hydrogens is 250 g/mol. The number of hydrogen-bond acceptors (Lipinski definition) is 3. The van der Waals surface area contributed by atoms with E-state index in [1.54, 1.807) is 0 Å². The molecular formula is C16H25N3O. The Hall–Kier alpha value is -0.970. The summed E-state index contributed by atoms with van der Waals surface area (Å²) in [6.45, 7) is 5.40. The van der Waals surface area contributed by atoms with Crippen molar-refractivity contribution in [3.8, 4) is 0 Å². The van der Waals surface area contributed by atoms with E-state index in [2.05, 4.69) is 23.0 Å². The number of nitrogens with one attached hydrogen (secondary N) is 1. The first-order chi connectivity index (χ1) is 9.76. The second-order valence-corrected chi connectivity index (χ2v) is 6.03. The Balaban J connectivity index is 1.68. The number of nitrogens with zero attached hydrogens (tertiary/aromatic N) is 2. The number of pyridine rings is 1. The maximum absolute atomic E-state index is 5.44. The molecule has 110 valence electrons. The smallest absolute Gasteiger partial charge is 0.0791 e. The van der Waals surface area contributed by atoms with E-state index < -0.39 is 0 Å². The number of hydrogen-bond donors (Lipinski definition) is 1. The monoisotopic (exact) mass is 275 g/mol. The maximum atomic E-state index is 5.44. The predicted molar refractivity (Wildman–Crippen MR) is 78.1 cm³/mol. The van der Waals surface area contributed by atoms with E-state index in [9.17, 15) is 0 Å². The normalized spacial score (nSPS) is 24.6. The van der Waals surface area contributed by atoms with Gasteiger partial charge in [0.1, 0.15) is 0 Å². The van der Waals surface area contributed by atoms with Gasteiger partial charge in [-0.05, 0) is 24.5 Å². The van der Waals surface area contributed by atoms with Crippen molar-refractivity contribution in [2.75, 3.05) is 26.7 Å². The van der Waals surface area contributed by atoms with Crippen molar-refractivity contribution in [1.29, 1.82) is 0 Å². The number of likely N-dealkylation sites (tertiary alicyclic amines) is 1. The molecule has 4 nitrogen and oxygen atoms in total. The Kier molecular flexibility index (Phi) is 4.34. The highest BCUT2D eigenvalue weighted by molar-refractivity contribution is 5.30. The van der Waals surface area contributed by atoms with Crippen LogP contribution in [-0.4, -0.2) is 42.7 Å². The van der Waals surface area contributed by atoms with Gasteiger partial charge in [-0.1, -0.05) is 0 Å².